The molecule has 2 rings (SSSR count). The molecule has 1 nitrogen and oxygen atoms in total. The molecule has 2 N–H and O–H groups in total. The van der Waals surface area contributed by atoms with Crippen molar-refractivity contribution in [2.45, 2.75) is 32.2 Å². The lowest BCUT2D eigenvalue weighted by Gasteiger charge is -2.23. The molecule has 0 amide bonds. The minimum absolute atomic E-state index is 0.0932. The van der Waals surface area contributed by atoms with Crippen molar-refractivity contribution in [1.29, 1.82) is 0 Å². The Morgan fingerprint density at radius 1 is 1.46 bits per heavy atom. The average Bonchev–Trinajstić information content (AvgIpc) is 2.02. The molecule has 1 atom stereocenters. The monoisotopic (exact) mass is 179 g/mol. The number of halogens is 1. The molecule has 70 valence electrons. The molecule has 0 heterocycles. The number of hydrogen-bond donors (Lipinski definition) is 1. The lowest BCUT2D eigenvalue weighted by molar-refractivity contribution is 0.518. The number of fused-ring (bicyclic) bond motifs is 1. The maximum atomic E-state index is 13.5. The van der Waals surface area contributed by atoms with Gasteiger partial charge in [-0.2, -0.15) is 0 Å². The van der Waals surface area contributed by atoms with Gasteiger partial charge in [0, 0.05) is 11.6 Å². The number of hydrogen-bond acceptors (Lipinski definition) is 1. The molecule has 0 saturated carbocycles. The Balaban J connectivity index is 2.56. The number of aryl methyl sites for hydroxylation is 2. The highest BCUT2D eigenvalue weighted by Gasteiger charge is 2.20. The Labute approximate surface area is 77.8 Å². The predicted molar refractivity (Wildman–Crippen MR) is 51.0 cm³/mol. The minimum atomic E-state index is -0.123. The third-order valence-corrected chi connectivity index (χ3v) is 2.69. The van der Waals surface area contributed by atoms with Crippen LogP contribution < -0.4 is 5.73 Å². The van der Waals surface area contributed by atoms with E-state index in [1.54, 1.807) is 6.07 Å². The molecular weight excluding hydrogens is 165 g/mol. The summed E-state index contributed by atoms with van der Waals surface area (Å²) >= 11 is 0. The van der Waals surface area contributed by atoms with E-state index < -0.39 is 0 Å². The molecule has 13 heavy (non-hydrogen) atoms. The van der Waals surface area contributed by atoms with E-state index in [1.165, 1.54) is 0 Å². The van der Waals surface area contributed by atoms with E-state index in [2.05, 4.69) is 6.07 Å². The normalized spacial score (nSPS) is 21.3. The Morgan fingerprint density at radius 2 is 2.23 bits per heavy atom. The van der Waals surface area contributed by atoms with Crippen molar-refractivity contribution in [3.63, 3.8) is 0 Å². The van der Waals surface area contributed by atoms with Crippen molar-refractivity contribution in [2.75, 3.05) is 0 Å². The van der Waals surface area contributed by atoms with Gasteiger partial charge < -0.3 is 5.73 Å². The number of rotatable bonds is 0. The van der Waals surface area contributed by atoms with E-state index in [1.807, 2.05) is 6.92 Å². The van der Waals surface area contributed by atoms with Gasteiger partial charge in [-0.1, -0.05) is 6.07 Å². The van der Waals surface area contributed by atoms with Gasteiger partial charge in [0.2, 0.25) is 0 Å². The summed E-state index contributed by atoms with van der Waals surface area (Å²) in [5.41, 5.74) is 8.70. The van der Waals surface area contributed by atoms with Crippen molar-refractivity contribution in [3.05, 3.63) is 34.6 Å². The quantitative estimate of drug-likeness (QED) is 0.650. The summed E-state index contributed by atoms with van der Waals surface area (Å²) < 4.78 is 13.5. The smallest absolute Gasteiger partial charge is 0.128 e. The molecule has 0 spiro atoms. The van der Waals surface area contributed by atoms with Crippen LogP contribution in [0.25, 0.3) is 0 Å². The number of nitrogens with two attached hydrogens (primary N) is 1. The first kappa shape index (κ1) is 8.70. The minimum Gasteiger partial charge on any atom is -0.324 e. The topological polar surface area (TPSA) is 26.0 Å². The second-order valence-corrected chi connectivity index (χ2v) is 3.82. The van der Waals surface area contributed by atoms with Gasteiger partial charge in [-0.05, 0) is 43.4 Å². The Morgan fingerprint density at radius 3 is 3.00 bits per heavy atom. The van der Waals surface area contributed by atoms with Gasteiger partial charge in [0.05, 0.1) is 0 Å². The van der Waals surface area contributed by atoms with E-state index in [0.717, 1.165) is 36.0 Å². The molecule has 0 aliphatic heterocycles. The van der Waals surface area contributed by atoms with Gasteiger partial charge in [-0.15, -0.1) is 0 Å². The molecular formula is C11H14FN. The van der Waals surface area contributed by atoms with Crippen molar-refractivity contribution in [2.24, 2.45) is 5.73 Å². The van der Waals surface area contributed by atoms with E-state index in [4.69, 9.17) is 5.73 Å². The lowest BCUT2D eigenvalue weighted by Crippen LogP contribution is -2.19. The fraction of sp³-hybridized carbons (Fsp3) is 0.455. The standard InChI is InChI=1S/C11H14FN/c1-7-5-8-3-2-4-10(13)11(8)9(12)6-7/h5-6,10H,2-4,13H2,1H3. The van der Waals surface area contributed by atoms with Crippen LogP contribution in [0.2, 0.25) is 0 Å². The summed E-state index contributed by atoms with van der Waals surface area (Å²) in [6, 6.07) is 3.53. The van der Waals surface area contributed by atoms with Gasteiger partial charge in [0.1, 0.15) is 5.82 Å². The van der Waals surface area contributed by atoms with Gasteiger partial charge >= 0.3 is 0 Å². The van der Waals surface area contributed by atoms with Crippen molar-refractivity contribution >= 4 is 0 Å². The van der Waals surface area contributed by atoms with E-state index in [-0.39, 0.29) is 11.9 Å². The lowest BCUT2D eigenvalue weighted by atomic mass is 9.87. The van der Waals surface area contributed by atoms with E-state index >= 15 is 0 Å². The summed E-state index contributed by atoms with van der Waals surface area (Å²) in [6.45, 7) is 1.92. The zero-order chi connectivity index (χ0) is 9.42. The van der Waals surface area contributed by atoms with Gasteiger partial charge in [-0.3, -0.25) is 0 Å². The molecule has 1 unspecified atom stereocenters. The maximum absolute atomic E-state index is 13.5. The van der Waals surface area contributed by atoms with Crippen molar-refractivity contribution < 1.29 is 4.39 Å². The fourth-order valence-corrected chi connectivity index (χ4v) is 2.10. The SMILES string of the molecule is Cc1cc(F)c2c(c1)CCCC2N. The molecule has 0 saturated heterocycles. The Hall–Kier alpha value is -0.890. The van der Waals surface area contributed by atoms with Crippen LogP contribution in [0.15, 0.2) is 12.1 Å². The highest BCUT2D eigenvalue weighted by molar-refractivity contribution is 5.36. The third-order valence-electron chi connectivity index (χ3n) is 2.69. The van der Waals surface area contributed by atoms with Gasteiger partial charge in [-0.25, -0.2) is 4.39 Å². The van der Waals surface area contributed by atoms with Crippen LogP contribution in [0.1, 0.15) is 35.6 Å². The first-order valence-corrected chi connectivity index (χ1v) is 4.73. The molecule has 0 radical (unpaired) electrons. The molecule has 1 aliphatic carbocycles. The van der Waals surface area contributed by atoms with Crippen molar-refractivity contribution in [3.8, 4) is 0 Å². The second kappa shape index (κ2) is 3.11. The van der Waals surface area contributed by atoms with Crippen LogP contribution in [-0.2, 0) is 6.42 Å². The first-order valence-electron chi connectivity index (χ1n) is 4.73. The summed E-state index contributed by atoms with van der Waals surface area (Å²) in [6.07, 6.45) is 2.96. The first-order chi connectivity index (χ1) is 6.18. The largest absolute Gasteiger partial charge is 0.324 e. The van der Waals surface area contributed by atoms with Crippen LogP contribution >= 0.6 is 0 Å². The summed E-state index contributed by atoms with van der Waals surface area (Å²) in [5, 5.41) is 0. The summed E-state index contributed by atoms with van der Waals surface area (Å²) in [7, 11) is 0. The van der Waals surface area contributed by atoms with Crippen LogP contribution in [-0.4, -0.2) is 0 Å². The molecule has 0 bridgehead atoms. The molecule has 0 fully saturated rings. The van der Waals surface area contributed by atoms with Crippen molar-refractivity contribution in [1.82, 2.24) is 0 Å². The van der Waals surface area contributed by atoms with Crippen LogP contribution in [0.4, 0.5) is 4.39 Å². The second-order valence-electron chi connectivity index (χ2n) is 3.82. The zero-order valence-corrected chi connectivity index (χ0v) is 7.81. The van der Waals surface area contributed by atoms with Crippen LogP contribution in [0, 0.1) is 12.7 Å². The van der Waals surface area contributed by atoms with Crippen LogP contribution in [0.5, 0.6) is 0 Å². The molecule has 0 aromatic heterocycles. The maximum Gasteiger partial charge on any atom is 0.128 e. The summed E-state index contributed by atoms with van der Waals surface area (Å²) in [4.78, 5) is 0. The molecule has 2 heteroatoms. The van der Waals surface area contributed by atoms with Gasteiger partial charge in [0.15, 0.2) is 0 Å². The number of benzene rings is 1. The van der Waals surface area contributed by atoms with E-state index in [0.29, 0.717) is 0 Å². The van der Waals surface area contributed by atoms with Gasteiger partial charge in [0.25, 0.3) is 0 Å². The summed E-state index contributed by atoms with van der Waals surface area (Å²) in [5.74, 6) is -0.123. The Bertz CT molecular complexity index is 333. The molecule has 1 aromatic carbocycles. The highest BCUT2D eigenvalue weighted by atomic mass is 19.1. The Kier molecular flexibility index (Phi) is 2.08. The van der Waals surface area contributed by atoms with E-state index in [9.17, 15) is 4.39 Å². The third kappa shape index (κ3) is 1.46. The fourth-order valence-electron chi connectivity index (χ4n) is 2.10. The zero-order valence-electron chi connectivity index (χ0n) is 7.81. The molecule has 1 aromatic rings. The highest BCUT2D eigenvalue weighted by Crippen LogP contribution is 2.30. The molecule has 1 aliphatic rings. The predicted octanol–water partition coefficient (Wildman–Crippen LogP) is 2.47. The average molecular weight is 179 g/mol. The van der Waals surface area contributed by atoms with Crippen LogP contribution in [0.3, 0.4) is 0 Å².